The van der Waals surface area contributed by atoms with Crippen molar-refractivity contribution in [3.63, 3.8) is 0 Å². The second-order valence-electron chi connectivity index (χ2n) is 21.4. The van der Waals surface area contributed by atoms with Gasteiger partial charge in [0.2, 0.25) is 59.1 Å². The third-order valence-electron chi connectivity index (χ3n) is 13.6. The first-order valence-electron chi connectivity index (χ1n) is 26.7. The SMILES string of the molecule is CC(C)C[C@@H]1NC(=O)[C@H](CCCCN)NC(=O)[C@H](C(C)C)NC(=O)[C@@H]2CCCN2C(=O)[C@H](CO)NC(=O)[C@H](CC(C)C)NC(=O)[C@H](CCCCN)NC(=O)[C@H](C(C)C)NC(=O)[C@@H]2CCCN2C(=O)[C@H](CO)NC1=O. The molecule has 0 aliphatic carbocycles. The molecule has 0 radical (unpaired) electrons. The first kappa shape index (κ1) is 62.8. The Balaban J connectivity index is 2.13. The van der Waals surface area contributed by atoms with Crippen molar-refractivity contribution < 1.29 is 58.2 Å². The Bertz CT molecular complexity index is 1800. The molecule has 0 spiro atoms. The van der Waals surface area contributed by atoms with E-state index in [9.17, 15) is 58.2 Å². The van der Waals surface area contributed by atoms with Crippen molar-refractivity contribution in [3.05, 3.63) is 0 Å². The Kier molecular flexibility index (Phi) is 26.1. The number of carbonyl (C=O) groups is 10. The normalized spacial score (nSPS) is 28.3. The van der Waals surface area contributed by atoms with Gasteiger partial charge in [-0.15, -0.1) is 0 Å². The first-order chi connectivity index (χ1) is 35.0. The van der Waals surface area contributed by atoms with Crippen LogP contribution < -0.4 is 54.0 Å². The van der Waals surface area contributed by atoms with E-state index in [0.29, 0.717) is 38.5 Å². The molecule has 3 fully saturated rings. The molecular formula is C50H88N12O12. The van der Waals surface area contributed by atoms with Gasteiger partial charge in [-0.25, -0.2) is 0 Å². The number of hydrogen-bond donors (Lipinski definition) is 12. The highest BCUT2D eigenvalue weighted by molar-refractivity contribution is 6.00. The Labute approximate surface area is 435 Å². The largest absolute Gasteiger partial charge is 0.394 e. The molecule has 3 saturated heterocycles. The molecule has 24 heteroatoms. The van der Waals surface area contributed by atoms with Gasteiger partial charge < -0.3 is 74.0 Å². The van der Waals surface area contributed by atoms with Crippen LogP contribution in [0.15, 0.2) is 0 Å². The third-order valence-corrected chi connectivity index (χ3v) is 13.6. The topological polar surface area (TPSA) is 366 Å². The zero-order valence-electron chi connectivity index (χ0n) is 44.8. The predicted molar refractivity (Wildman–Crippen MR) is 273 cm³/mol. The van der Waals surface area contributed by atoms with Crippen LogP contribution in [0.3, 0.4) is 0 Å². The molecule has 0 saturated carbocycles. The molecule has 10 amide bonds. The van der Waals surface area contributed by atoms with E-state index in [1.165, 1.54) is 9.80 Å². The van der Waals surface area contributed by atoms with Gasteiger partial charge in [0.1, 0.15) is 60.4 Å². The first-order valence-corrected chi connectivity index (χ1v) is 26.7. The van der Waals surface area contributed by atoms with Crippen molar-refractivity contribution in [2.45, 2.75) is 193 Å². The Morgan fingerprint density at radius 3 is 1.04 bits per heavy atom. The van der Waals surface area contributed by atoms with Crippen LogP contribution in [-0.4, -0.2) is 179 Å². The number of unbranched alkanes of at least 4 members (excludes halogenated alkanes) is 2. The predicted octanol–water partition coefficient (Wildman–Crippen LogP) is -2.49. The molecule has 0 bridgehead atoms. The summed E-state index contributed by atoms with van der Waals surface area (Å²) in [6.07, 6.45) is 3.24. The Morgan fingerprint density at radius 2 is 0.743 bits per heavy atom. The number of fused-ring (bicyclic) bond motifs is 2. The monoisotopic (exact) mass is 1050 g/mol. The second-order valence-corrected chi connectivity index (χ2v) is 21.4. The molecule has 0 aromatic rings. The number of aliphatic hydroxyl groups excluding tert-OH is 2. The zero-order valence-corrected chi connectivity index (χ0v) is 44.8. The lowest BCUT2D eigenvalue weighted by Crippen LogP contribution is -2.62. The summed E-state index contributed by atoms with van der Waals surface area (Å²) in [5.74, 6) is -8.92. The summed E-state index contributed by atoms with van der Waals surface area (Å²) in [4.78, 5) is 144. The van der Waals surface area contributed by atoms with Crippen molar-refractivity contribution in [2.75, 3.05) is 39.4 Å². The summed E-state index contributed by atoms with van der Waals surface area (Å²) in [7, 11) is 0. The number of nitrogens with zero attached hydrogens (tertiary/aromatic N) is 2. The van der Waals surface area contributed by atoms with Crippen molar-refractivity contribution in [2.24, 2.45) is 35.1 Å². The number of aliphatic hydroxyl groups is 2. The van der Waals surface area contributed by atoms with Gasteiger partial charge in [-0.2, -0.15) is 0 Å². The van der Waals surface area contributed by atoms with Crippen molar-refractivity contribution in [1.29, 1.82) is 0 Å². The van der Waals surface area contributed by atoms with Gasteiger partial charge >= 0.3 is 0 Å². The van der Waals surface area contributed by atoms with Crippen LogP contribution in [0.25, 0.3) is 0 Å². The molecule has 3 aliphatic rings. The quantitative estimate of drug-likeness (QED) is 0.0712. The highest BCUT2D eigenvalue weighted by Gasteiger charge is 2.43. The molecule has 10 atom stereocenters. The molecule has 0 aromatic heterocycles. The highest BCUT2D eigenvalue weighted by Crippen LogP contribution is 2.22. The van der Waals surface area contributed by atoms with Gasteiger partial charge in [0.05, 0.1) is 13.2 Å². The molecule has 3 rings (SSSR count). The van der Waals surface area contributed by atoms with E-state index in [1.54, 1.807) is 27.7 Å². The maximum atomic E-state index is 14.2. The van der Waals surface area contributed by atoms with E-state index in [4.69, 9.17) is 11.5 Å². The molecule has 74 heavy (non-hydrogen) atoms. The van der Waals surface area contributed by atoms with Crippen LogP contribution in [0.5, 0.6) is 0 Å². The van der Waals surface area contributed by atoms with E-state index in [0.717, 1.165) is 0 Å². The summed E-state index contributed by atoms with van der Waals surface area (Å²) in [6, 6.07) is -12.7. The van der Waals surface area contributed by atoms with Crippen LogP contribution in [0.1, 0.15) is 132 Å². The summed E-state index contributed by atoms with van der Waals surface area (Å²) in [5.41, 5.74) is 11.5. The number of hydrogen-bond acceptors (Lipinski definition) is 14. The molecule has 3 heterocycles. The lowest BCUT2D eigenvalue weighted by molar-refractivity contribution is -0.144. The van der Waals surface area contributed by atoms with Crippen LogP contribution in [0.4, 0.5) is 0 Å². The second kappa shape index (κ2) is 30.8. The lowest BCUT2D eigenvalue weighted by atomic mass is 9.99. The van der Waals surface area contributed by atoms with Gasteiger partial charge in [0, 0.05) is 13.1 Å². The average molecular weight is 1050 g/mol. The average Bonchev–Trinajstić information content (AvgIpc) is 4.05. The van der Waals surface area contributed by atoms with Gasteiger partial charge in [-0.05, 0) is 114 Å². The standard InChI is InChI=1S/C50H88N12O12/c1-27(2)23-33-43(67)57-35(25-63)49(73)61-21-13-17-37(61)45(69)60-40(30(7)8)48(72)54-32(16-10-12-20-52)42(66)56-34(24-28(3)4)44(68)58-36(26-64)50(74)62-22-14-18-38(62)46(70)59-39(29(5)6)47(71)53-31(41(65)55-33)15-9-11-19-51/h27-40,63-64H,9-26,51-52H2,1-8H3,(H,53,71)(H,54,72)(H,55,65)(H,56,66)(H,57,67)(H,58,68)(H,59,70)(H,60,69)/t31-,32-,33-,34-,35-,36-,37-,38-,39-,40-/m0/s1. The minimum atomic E-state index is -1.54. The third kappa shape index (κ3) is 18.4. The van der Waals surface area contributed by atoms with E-state index < -0.39 is 145 Å². The van der Waals surface area contributed by atoms with Crippen molar-refractivity contribution in [3.8, 4) is 0 Å². The van der Waals surface area contributed by atoms with Crippen molar-refractivity contribution >= 4 is 59.1 Å². The number of amides is 10. The van der Waals surface area contributed by atoms with E-state index in [1.807, 2.05) is 27.7 Å². The molecule has 3 aliphatic heterocycles. The maximum absolute atomic E-state index is 14.2. The Hall–Kier alpha value is -5.46. The van der Waals surface area contributed by atoms with Crippen molar-refractivity contribution in [1.82, 2.24) is 52.3 Å². The number of nitrogens with two attached hydrogens (primary N) is 2. The van der Waals surface area contributed by atoms with Crippen LogP contribution in [0, 0.1) is 23.7 Å². The number of rotatable bonds is 16. The molecule has 24 nitrogen and oxygen atoms in total. The maximum Gasteiger partial charge on any atom is 0.248 e. The fraction of sp³-hybridized carbons (Fsp3) is 0.800. The highest BCUT2D eigenvalue weighted by atomic mass is 16.3. The van der Waals surface area contributed by atoms with Gasteiger partial charge in [0.25, 0.3) is 0 Å². The van der Waals surface area contributed by atoms with Crippen LogP contribution >= 0.6 is 0 Å². The summed E-state index contributed by atoms with van der Waals surface area (Å²) < 4.78 is 0. The van der Waals surface area contributed by atoms with Crippen LogP contribution in [0.2, 0.25) is 0 Å². The summed E-state index contributed by atoms with van der Waals surface area (Å²) >= 11 is 0. The zero-order chi connectivity index (χ0) is 55.4. The summed E-state index contributed by atoms with van der Waals surface area (Å²) in [5, 5.41) is 42.6. The Morgan fingerprint density at radius 1 is 0.432 bits per heavy atom. The fourth-order valence-electron chi connectivity index (χ4n) is 9.49. The van der Waals surface area contributed by atoms with E-state index in [-0.39, 0.29) is 76.5 Å². The molecule has 0 aromatic carbocycles. The fourth-order valence-corrected chi connectivity index (χ4v) is 9.49. The van der Waals surface area contributed by atoms with E-state index in [2.05, 4.69) is 42.5 Å². The molecular weight excluding hydrogens is 961 g/mol. The molecule has 0 unspecified atom stereocenters. The van der Waals surface area contributed by atoms with E-state index >= 15 is 0 Å². The lowest BCUT2D eigenvalue weighted by Gasteiger charge is -2.32. The molecule has 420 valence electrons. The number of carbonyl (C=O) groups excluding carboxylic acids is 10. The van der Waals surface area contributed by atoms with Crippen LogP contribution in [-0.2, 0) is 47.9 Å². The van der Waals surface area contributed by atoms with Gasteiger partial charge in [-0.1, -0.05) is 55.4 Å². The number of nitrogens with one attached hydrogen (secondary N) is 8. The molecule has 14 N–H and O–H groups in total. The minimum Gasteiger partial charge on any atom is -0.394 e. The minimum absolute atomic E-state index is 0.0800. The van der Waals surface area contributed by atoms with Gasteiger partial charge in [-0.3, -0.25) is 47.9 Å². The smallest absolute Gasteiger partial charge is 0.248 e. The van der Waals surface area contributed by atoms with Gasteiger partial charge in [0.15, 0.2) is 0 Å². The summed E-state index contributed by atoms with van der Waals surface area (Å²) in [6.45, 7) is 13.0.